The molecule has 2 N–H and O–H groups in total. The fourth-order valence-corrected chi connectivity index (χ4v) is 3.12. The number of alkyl halides is 3. The molecule has 3 rings (SSSR count). The number of rotatable bonds is 5. The van der Waals surface area contributed by atoms with Crippen molar-refractivity contribution in [3.8, 4) is 5.69 Å². The number of nitrogens with one attached hydrogen (secondary N) is 2. The molecule has 1 heterocycles. The highest BCUT2D eigenvalue weighted by Crippen LogP contribution is 2.30. The summed E-state index contributed by atoms with van der Waals surface area (Å²) < 4.78 is 40.4. The van der Waals surface area contributed by atoms with E-state index in [1.54, 1.807) is 26.0 Å². The molecule has 0 radical (unpaired) electrons. The van der Waals surface area contributed by atoms with Crippen molar-refractivity contribution < 1.29 is 22.8 Å². The van der Waals surface area contributed by atoms with E-state index in [0.29, 0.717) is 23.4 Å². The molecular formula is C23H21F3N4O3. The van der Waals surface area contributed by atoms with Crippen molar-refractivity contribution in [3.05, 3.63) is 86.8 Å². The maximum atomic E-state index is 13.1. The van der Waals surface area contributed by atoms with Gasteiger partial charge in [-0.15, -0.1) is 0 Å². The third kappa shape index (κ3) is 5.28. The van der Waals surface area contributed by atoms with Crippen LogP contribution in [0.15, 0.2) is 53.3 Å². The Labute approximate surface area is 187 Å². The predicted molar refractivity (Wildman–Crippen MR) is 117 cm³/mol. The van der Waals surface area contributed by atoms with Crippen LogP contribution in [-0.2, 0) is 6.18 Å². The first-order valence-electron chi connectivity index (χ1n) is 10.00. The lowest BCUT2D eigenvalue weighted by molar-refractivity contribution is -0.137. The van der Waals surface area contributed by atoms with E-state index >= 15 is 0 Å². The van der Waals surface area contributed by atoms with Gasteiger partial charge in [0.15, 0.2) is 5.69 Å². The van der Waals surface area contributed by atoms with Crippen molar-refractivity contribution in [3.63, 3.8) is 0 Å². The van der Waals surface area contributed by atoms with Gasteiger partial charge in [-0.05, 0) is 56.7 Å². The zero-order chi connectivity index (χ0) is 24.3. The Morgan fingerprint density at radius 3 is 2.42 bits per heavy atom. The standard InChI is InChI=1S/C23H21F3N4O3/c1-4-27-21(32)15-9-8-13(2)18(11-15)28-22(33)20-19(31)10-14(3)30(29-20)17-7-5-6-16(12-17)23(24,25)26/h5-12H,4H2,1-3H3,(H,27,32)(H,28,33). The fraction of sp³-hybridized carbons (Fsp3) is 0.217. The van der Waals surface area contributed by atoms with Crippen LogP contribution in [-0.4, -0.2) is 28.1 Å². The number of carbonyl (C=O) groups excluding carboxylic acids is 2. The maximum absolute atomic E-state index is 13.1. The summed E-state index contributed by atoms with van der Waals surface area (Å²) in [7, 11) is 0. The summed E-state index contributed by atoms with van der Waals surface area (Å²) in [4.78, 5) is 37.4. The number of halogens is 3. The molecule has 0 aliphatic rings. The first-order chi connectivity index (χ1) is 15.5. The summed E-state index contributed by atoms with van der Waals surface area (Å²) in [6, 6.07) is 10.2. The first-order valence-corrected chi connectivity index (χ1v) is 10.00. The molecule has 3 aromatic rings. The minimum atomic E-state index is -4.56. The SMILES string of the molecule is CCNC(=O)c1ccc(C)c(NC(=O)c2nn(-c3cccc(C(F)(F)F)c3)c(C)cc2=O)c1. The lowest BCUT2D eigenvalue weighted by Gasteiger charge is -2.14. The van der Waals surface area contributed by atoms with Gasteiger partial charge < -0.3 is 10.6 Å². The molecule has 0 unspecified atom stereocenters. The van der Waals surface area contributed by atoms with Crippen LogP contribution in [0.25, 0.3) is 5.69 Å². The Bertz CT molecular complexity index is 1280. The Kier molecular flexibility index (Phi) is 6.66. The summed E-state index contributed by atoms with van der Waals surface area (Å²) in [5.41, 5.74) is -0.514. The van der Waals surface area contributed by atoms with E-state index in [2.05, 4.69) is 15.7 Å². The number of hydrogen-bond donors (Lipinski definition) is 2. The van der Waals surface area contributed by atoms with Crippen molar-refractivity contribution >= 4 is 17.5 Å². The first kappa shape index (κ1) is 23.7. The highest BCUT2D eigenvalue weighted by molar-refractivity contribution is 6.04. The monoisotopic (exact) mass is 458 g/mol. The molecule has 1 aromatic heterocycles. The van der Waals surface area contributed by atoms with Crippen molar-refractivity contribution in [2.75, 3.05) is 11.9 Å². The van der Waals surface area contributed by atoms with Crippen molar-refractivity contribution in [1.82, 2.24) is 15.1 Å². The molecule has 0 aliphatic carbocycles. The van der Waals surface area contributed by atoms with Crippen molar-refractivity contribution in [2.45, 2.75) is 26.9 Å². The number of nitrogens with zero attached hydrogens (tertiary/aromatic N) is 2. The molecule has 0 bridgehead atoms. The second-order valence-electron chi connectivity index (χ2n) is 7.30. The molecule has 172 valence electrons. The average Bonchev–Trinajstić information content (AvgIpc) is 2.75. The van der Waals surface area contributed by atoms with E-state index in [4.69, 9.17) is 0 Å². The van der Waals surface area contributed by atoms with E-state index in [1.165, 1.54) is 25.1 Å². The molecule has 0 spiro atoms. The second-order valence-corrected chi connectivity index (χ2v) is 7.30. The van der Waals surface area contributed by atoms with Gasteiger partial charge in [0.2, 0.25) is 5.43 Å². The van der Waals surface area contributed by atoms with Crippen LogP contribution in [0.5, 0.6) is 0 Å². The van der Waals surface area contributed by atoms with E-state index in [1.807, 2.05) is 0 Å². The summed E-state index contributed by atoms with van der Waals surface area (Å²) in [5.74, 6) is -1.18. The minimum Gasteiger partial charge on any atom is -0.352 e. The number of benzene rings is 2. The largest absolute Gasteiger partial charge is 0.416 e. The van der Waals surface area contributed by atoms with Gasteiger partial charge in [0.25, 0.3) is 11.8 Å². The molecular weight excluding hydrogens is 437 g/mol. The van der Waals surface area contributed by atoms with Gasteiger partial charge in [0, 0.05) is 29.6 Å². The van der Waals surface area contributed by atoms with E-state index in [-0.39, 0.29) is 17.3 Å². The molecule has 7 nitrogen and oxygen atoms in total. The second kappa shape index (κ2) is 9.27. The molecule has 0 aliphatic heterocycles. The molecule has 10 heteroatoms. The third-order valence-corrected chi connectivity index (χ3v) is 4.83. The predicted octanol–water partition coefficient (Wildman–Crippen LogP) is 3.87. The molecule has 2 amide bonds. The lowest BCUT2D eigenvalue weighted by atomic mass is 10.1. The minimum absolute atomic E-state index is 0.0470. The summed E-state index contributed by atoms with van der Waals surface area (Å²) in [5, 5.41) is 9.24. The topological polar surface area (TPSA) is 93.1 Å². The van der Waals surface area contributed by atoms with Crippen LogP contribution >= 0.6 is 0 Å². The zero-order valence-electron chi connectivity index (χ0n) is 18.1. The Balaban J connectivity index is 1.98. The van der Waals surface area contributed by atoms with Crippen molar-refractivity contribution in [1.29, 1.82) is 0 Å². The van der Waals surface area contributed by atoms with Crippen LogP contribution in [0, 0.1) is 13.8 Å². The highest BCUT2D eigenvalue weighted by Gasteiger charge is 2.30. The zero-order valence-corrected chi connectivity index (χ0v) is 18.1. The summed E-state index contributed by atoms with van der Waals surface area (Å²) >= 11 is 0. The lowest BCUT2D eigenvalue weighted by Crippen LogP contribution is -2.27. The van der Waals surface area contributed by atoms with Gasteiger partial charge in [0.1, 0.15) is 0 Å². The Morgan fingerprint density at radius 2 is 1.76 bits per heavy atom. The molecule has 0 fully saturated rings. The number of aromatic nitrogens is 2. The van der Waals surface area contributed by atoms with Crippen LogP contribution in [0.4, 0.5) is 18.9 Å². The number of carbonyl (C=O) groups is 2. The Morgan fingerprint density at radius 1 is 1.03 bits per heavy atom. The number of anilines is 1. The number of amides is 2. The van der Waals surface area contributed by atoms with E-state index in [9.17, 15) is 27.6 Å². The highest BCUT2D eigenvalue weighted by atomic mass is 19.4. The van der Waals surface area contributed by atoms with Gasteiger partial charge in [-0.3, -0.25) is 14.4 Å². The van der Waals surface area contributed by atoms with E-state index < -0.39 is 28.8 Å². The molecule has 0 atom stereocenters. The smallest absolute Gasteiger partial charge is 0.352 e. The molecule has 0 saturated carbocycles. The maximum Gasteiger partial charge on any atom is 0.416 e. The Hall–Kier alpha value is -3.95. The number of aryl methyl sites for hydroxylation is 2. The van der Waals surface area contributed by atoms with Gasteiger partial charge in [0.05, 0.1) is 11.3 Å². The van der Waals surface area contributed by atoms with Gasteiger partial charge in [-0.2, -0.15) is 18.3 Å². The van der Waals surface area contributed by atoms with Crippen molar-refractivity contribution in [2.24, 2.45) is 0 Å². The normalized spacial score (nSPS) is 11.2. The van der Waals surface area contributed by atoms with Gasteiger partial charge in [-0.25, -0.2) is 4.68 Å². The van der Waals surface area contributed by atoms with Crippen LogP contribution < -0.4 is 16.1 Å². The van der Waals surface area contributed by atoms with Crippen LogP contribution in [0.2, 0.25) is 0 Å². The van der Waals surface area contributed by atoms with E-state index in [0.717, 1.165) is 22.9 Å². The summed E-state index contributed by atoms with van der Waals surface area (Å²) in [6.45, 7) is 5.40. The average molecular weight is 458 g/mol. The van der Waals surface area contributed by atoms with Crippen LogP contribution in [0.3, 0.4) is 0 Å². The fourth-order valence-electron chi connectivity index (χ4n) is 3.12. The molecule has 2 aromatic carbocycles. The van der Waals surface area contributed by atoms with Gasteiger partial charge in [-0.1, -0.05) is 12.1 Å². The summed E-state index contributed by atoms with van der Waals surface area (Å²) in [6.07, 6.45) is -4.56. The molecule has 0 saturated heterocycles. The quantitative estimate of drug-likeness (QED) is 0.607. The molecule has 33 heavy (non-hydrogen) atoms. The van der Waals surface area contributed by atoms with Crippen LogP contribution in [0.1, 0.15) is 44.6 Å². The third-order valence-electron chi connectivity index (χ3n) is 4.83. The number of hydrogen-bond acceptors (Lipinski definition) is 4. The van der Waals surface area contributed by atoms with Gasteiger partial charge >= 0.3 is 6.18 Å².